The van der Waals surface area contributed by atoms with Crippen LogP contribution in [0.15, 0.2) is 18.2 Å². The van der Waals surface area contributed by atoms with Gasteiger partial charge in [-0.2, -0.15) is 0 Å². The Balaban J connectivity index is 1.42. The van der Waals surface area contributed by atoms with Crippen LogP contribution in [-0.2, 0) is 4.79 Å². The Bertz CT molecular complexity index is 754. The molecule has 6 nitrogen and oxygen atoms in total. The number of carbonyl (C=O) groups is 2. The lowest BCUT2D eigenvalue weighted by atomic mass is 9.53. The van der Waals surface area contributed by atoms with Crippen molar-refractivity contribution in [1.29, 1.82) is 0 Å². The zero-order chi connectivity index (χ0) is 20.6. The fourth-order valence-electron chi connectivity index (χ4n) is 6.01. The Morgan fingerprint density at radius 2 is 1.69 bits per heavy atom. The van der Waals surface area contributed by atoms with Crippen LogP contribution in [0.4, 0.5) is 0 Å². The lowest BCUT2D eigenvalue weighted by Gasteiger charge is -2.56. The number of ether oxygens (including phenoxy) is 2. The molecule has 2 N–H and O–H groups in total. The van der Waals surface area contributed by atoms with Crippen molar-refractivity contribution in [1.82, 2.24) is 10.6 Å². The van der Waals surface area contributed by atoms with E-state index in [0.717, 1.165) is 37.0 Å². The van der Waals surface area contributed by atoms with Crippen LogP contribution < -0.4 is 20.1 Å². The van der Waals surface area contributed by atoms with Gasteiger partial charge in [0.2, 0.25) is 0 Å². The Hall–Kier alpha value is -2.24. The molecule has 0 radical (unpaired) electrons. The van der Waals surface area contributed by atoms with Gasteiger partial charge in [-0.05, 0) is 88.3 Å². The molecular weight excluding hydrogens is 368 g/mol. The second kappa shape index (κ2) is 7.88. The first kappa shape index (κ1) is 20.0. The summed E-state index contributed by atoms with van der Waals surface area (Å²) < 4.78 is 11.0. The molecule has 6 heteroatoms. The normalized spacial score (nSPS) is 29.6. The average molecular weight is 401 g/mol. The largest absolute Gasteiger partial charge is 0.493 e. The van der Waals surface area contributed by atoms with E-state index in [1.165, 1.54) is 26.4 Å². The van der Waals surface area contributed by atoms with E-state index in [-0.39, 0.29) is 30.0 Å². The van der Waals surface area contributed by atoms with Gasteiger partial charge in [0.25, 0.3) is 11.8 Å². The Morgan fingerprint density at radius 3 is 2.24 bits per heavy atom. The maximum Gasteiger partial charge on any atom is 0.258 e. The molecule has 4 saturated carbocycles. The maximum absolute atomic E-state index is 13.0. The molecule has 1 aromatic rings. The lowest BCUT2D eigenvalue weighted by molar-refractivity contribution is -0.123. The summed E-state index contributed by atoms with van der Waals surface area (Å²) in [6.45, 7) is 3.71. The minimum Gasteiger partial charge on any atom is -0.493 e. The van der Waals surface area contributed by atoms with E-state index in [4.69, 9.17) is 9.47 Å². The van der Waals surface area contributed by atoms with Crippen molar-refractivity contribution in [3.8, 4) is 11.5 Å². The first-order valence-electron chi connectivity index (χ1n) is 10.8. The summed E-state index contributed by atoms with van der Waals surface area (Å²) in [7, 11) is 1.54. The predicted molar refractivity (Wildman–Crippen MR) is 110 cm³/mol. The quantitative estimate of drug-likeness (QED) is 0.736. The van der Waals surface area contributed by atoms with Gasteiger partial charge in [-0.25, -0.2) is 0 Å². The molecule has 0 unspecified atom stereocenters. The van der Waals surface area contributed by atoms with Crippen LogP contribution in [0.3, 0.4) is 0 Å². The number of carbonyl (C=O) groups excluding carboxylic acids is 2. The fraction of sp³-hybridized carbons (Fsp3) is 0.652. The third-order valence-corrected chi connectivity index (χ3v) is 6.65. The van der Waals surface area contributed by atoms with Crippen molar-refractivity contribution in [3.63, 3.8) is 0 Å². The average Bonchev–Trinajstić information content (AvgIpc) is 2.64. The van der Waals surface area contributed by atoms with Gasteiger partial charge in [0, 0.05) is 17.1 Å². The topological polar surface area (TPSA) is 76.7 Å². The molecule has 29 heavy (non-hydrogen) atoms. The number of rotatable bonds is 7. The van der Waals surface area contributed by atoms with Gasteiger partial charge in [0.1, 0.15) is 0 Å². The van der Waals surface area contributed by atoms with Gasteiger partial charge in [0.15, 0.2) is 18.1 Å². The van der Waals surface area contributed by atoms with Crippen molar-refractivity contribution in [2.45, 2.75) is 64.0 Å². The van der Waals surface area contributed by atoms with Crippen molar-refractivity contribution in [3.05, 3.63) is 23.8 Å². The second-order valence-electron chi connectivity index (χ2n) is 9.53. The molecular formula is C23H32N2O4. The molecule has 4 fully saturated rings. The maximum atomic E-state index is 13.0. The first-order chi connectivity index (χ1) is 13.9. The molecule has 0 aliphatic heterocycles. The molecule has 0 spiro atoms. The van der Waals surface area contributed by atoms with Crippen LogP contribution in [0.5, 0.6) is 11.5 Å². The molecule has 2 amide bonds. The van der Waals surface area contributed by atoms with Crippen LogP contribution in [0.1, 0.15) is 62.7 Å². The molecule has 4 aliphatic carbocycles. The third-order valence-electron chi connectivity index (χ3n) is 6.65. The van der Waals surface area contributed by atoms with E-state index in [2.05, 4.69) is 10.6 Å². The molecule has 158 valence electrons. The van der Waals surface area contributed by atoms with E-state index in [1.54, 1.807) is 18.2 Å². The third kappa shape index (κ3) is 4.36. The molecule has 0 atom stereocenters. The Labute approximate surface area is 172 Å². The fourth-order valence-corrected chi connectivity index (χ4v) is 6.01. The summed E-state index contributed by atoms with van der Waals surface area (Å²) in [4.78, 5) is 24.8. The summed E-state index contributed by atoms with van der Waals surface area (Å²) in [5.74, 6) is 3.02. The molecule has 0 saturated heterocycles. The lowest BCUT2D eigenvalue weighted by Crippen LogP contribution is -2.59. The van der Waals surface area contributed by atoms with Crippen LogP contribution in [0.25, 0.3) is 0 Å². The second-order valence-corrected chi connectivity index (χ2v) is 9.53. The van der Waals surface area contributed by atoms with E-state index in [9.17, 15) is 9.59 Å². The van der Waals surface area contributed by atoms with Crippen LogP contribution in [-0.4, -0.2) is 37.1 Å². The van der Waals surface area contributed by atoms with Gasteiger partial charge in [-0.15, -0.1) is 0 Å². The van der Waals surface area contributed by atoms with Crippen LogP contribution >= 0.6 is 0 Å². The number of benzene rings is 1. The summed E-state index contributed by atoms with van der Waals surface area (Å²) in [5.41, 5.74) is 0.542. The molecule has 5 rings (SSSR count). The summed E-state index contributed by atoms with van der Waals surface area (Å²) in [5, 5.41) is 6.17. The minimum atomic E-state index is -0.189. The van der Waals surface area contributed by atoms with E-state index in [1.807, 2.05) is 13.8 Å². The SMILES string of the molecule is COc1cc(C(=O)NC23CC4CC(CC(C4)C2)C3)ccc1OCC(=O)NC(C)C. The first-order valence-corrected chi connectivity index (χ1v) is 10.8. The molecule has 4 bridgehead atoms. The van der Waals surface area contributed by atoms with Gasteiger partial charge in [-0.3, -0.25) is 9.59 Å². The van der Waals surface area contributed by atoms with E-state index in [0.29, 0.717) is 17.1 Å². The van der Waals surface area contributed by atoms with Crippen molar-refractivity contribution in [2.75, 3.05) is 13.7 Å². The zero-order valence-corrected chi connectivity index (χ0v) is 17.6. The highest BCUT2D eigenvalue weighted by Crippen LogP contribution is 2.55. The van der Waals surface area contributed by atoms with Gasteiger partial charge >= 0.3 is 0 Å². The standard InChI is InChI=1S/C23H32N2O4/c1-14(2)24-21(26)13-29-19-5-4-18(9-20(19)28-3)22(27)25-23-10-15-6-16(11-23)8-17(7-15)12-23/h4-5,9,14-17H,6-8,10-13H2,1-3H3,(H,24,26)(H,25,27). The van der Waals surface area contributed by atoms with Crippen molar-refractivity contribution in [2.24, 2.45) is 17.8 Å². The summed E-state index contributed by atoms with van der Waals surface area (Å²) in [6, 6.07) is 5.21. The molecule has 0 aromatic heterocycles. The number of hydrogen-bond donors (Lipinski definition) is 2. The van der Waals surface area contributed by atoms with Crippen molar-refractivity contribution < 1.29 is 19.1 Å². The minimum absolute atomic E-state index is 0.0246. The van der Waals surface area contributed by atoms with E-state index >= 15 is 0 Å². The van der Waals surface area contributed by atoms with Crippen LogP contribution in [0.2, 0.25) is 0 Å². The number of nitrogens with one attached hydrogen (secondary N) is 2. The summed E-state index contributed by atoms with van der Waals surface area (Å²) >= 11 is 0. The van der Waals surface area contributed by atoms with Crippen molar-refractivity contribution >= 4 is 11.8 Å². The smallest absolute Gasteiger partial charge is 0.258 e. The molecule has 1 aromatic carbocycles. The molecule has 4 aliphatic rings. The highest BCUT2D eigenvalue weighted by molar-refractivity contribution is 5.95. The number of methoxy groups -OCH3 is 1. The molecule has 0 heterocycles. The van der Waals surface area contributed by atoms with Gasteiger partial charge < -0.3 is 20.1 Å². The highest BCUT2D eigenvalue weighted by Gasteiger charge is 2.51. The van der Waals surface area contributed by atoms with E-state index < -0.39 is 0 Å². The monoisotopic (exact) mass is 400 g/mol. The van der Waals surface area contributed by atoms with Gasteiger partial charge in [-0.1, -0.05) is 0 Å². The predicted octanol–water partition coefficient (Wildman–Crippen LogP) is 3.30. The highest BCUT2D eigenvalue weighted by atomic mass is 16.5. The van der Waals surface area contributed by atoms with Crippen LogP contribution in [0, 0.1) is 17.8 Å². The van der Waals surface area contributed by atoms with Gasteiger partial charge in [0.05, 0.1) is 7.11 Å². The number of amides is 2. The summed E-state index contributed by atoms with van der Waals surface area (Å²) in [6.07, 6.45) is 7.40. The Kier molecular flexibility index (Phi) is 5.45. The zero-order valence-electron chi connectivity index (χ0n) is 17.6. The Morgan fingerprint density at radius 1 is 1.07 bits per heavy atom. The number of hydrogen-bond acceptors (Lipinski definition) is 4.